The summed E-state index contributed by atoms with van der Waals surface area (Å²) in [6, 6.07) is 12.7. The molecule has 0 spiro atoms. The molecule has 6 heteroatoms. The summed E-state index contributed by atoms with van der Waals surface area (Å²) in [6.07, 6.45) is 0.157. The summed E-state index contributed by atoms with van der Waals surface area (Å²) in [7, 11) is 0. The summed E-state index contributed by atoms with van der Waals surface area (Å²) in [4.78, 5) is 23.6. The number of hydrogen-bond acceptors (Lipinski definition) is 4. The second-order valence-corrected chi connectivity index (χ2v) is 5.12. The van der Waals surface area contributed by atoms with Crippen molar-refractivity contribution in [2.45, 2.75) is 12.5 Å². The van der Waals surface area contributed by atoms with E-state index in [1.807, 2.05) is 0 Å². The number of carboxylic acids is 1. The molecule has 1 atom stereocenters. The zero-order valence-electron chi connectivity index (χ0n) is 12.2. The molecule has 6 nitrogen and oxygen atoms in total. The van der Waals surface area contributed by atoms with E-state index in [1.165, 1.54) is 0 Å². The summed E-state index contributed by atoms with van der Waals surface area (Å²) in [5.41, 5.74) is 1.17. The molecule has 0 radical (unpaired) electrons. The van der Waals surface area contributed by atoms with E-state index >= 15 is 0 Å². The van der Waals surface area contributed by atoms with Crippen LogP contribution in [-0.2, 0) is 11.2 Å². The monoisotopic (exact) mass is 313 g/mol. The molecule has 0 saturated heterocycles. The predicted molar refractivity (Wildman–Crippen MR) is 81.6 cm³/mol. The van der Waals surface area contributed by atoms with Crippen molar-refractivity contribution in [1.29, 1.82) is 0 Å². The Kier molecular flexibility index (Phi) is 4.14. The van der Waals surface area contributed by atoms with Gasteiger partial charge in [-0.25, -0.2) is 4.79 Å². The second-order valence-electron chi connectivity index (χ2n) is 5.12. The van der Waals surface area contributed by atoms with Crippen LogP contribution < -0.4 is 14.8 Å². The fourth-order valence-electron chi connectivity index (χ4n) is 2.33. The zero-order chi connectivity index (χ0) is 16.2. The highest BCUT2D eigenvalue weighted by Gasteiger charge is 2.22. The molecule has 1 amide bonds. The van der Waals surface area contributed by atoms with Gasteiger partial charge in [0.05, 0.1) is 0 Å². The molecule has 3 rings (SSSR count). The fourth-order valence-corrected chi connectivity index (χ4v) is 2.33. The standard InChI is InChI=1S/C17H15NO5/c19-16(12-4-2-1-3-5-12)18-13(17(20)21)8-11-6-7-14-15(9-11)23-10-22-14/h1-7,9,13H,8,10H2,(H,18,19)(H,20,21). The van der Waals surface area contributed by atoms with Gasteiger partial charge in [0, 0.05) is 12.0 Å². The van der Waals surface area contributed by atoms with E-state index in [0.717, 1.165) is 5.56 Å². The van der Waals surface area contributed by atoms with E-state index in [0.29, 0.717) is 17.1 Å². The highest BCUT2D eigenvalue weighted by Crippen LogP contribution is 2.32. The molecule has 1 unspecified atom stereocenters. The van der Waals surface area contributed by atoms with Crippen LogP contribution in [0.25, 0.3) is 0 Å². The Morgan fingerprint density at radius 3 is 2.57 bits per heavy atom. The van der Waals surface area contributed by atoms with Crippen LogP contribution in [-0.4, -0.2) is 29.8 Å². The minimum Gasteiger partial charge on any atom is -0.480 e. The van der Waals surface area contributed by atoms with E-state index in [-0.39, 0.29) is 13.2 Å². The Labute approximate surface area is 132 Å². The van der Waals surface area contributed by atoms with Gasteiger partial charge < -0.3 is 19.9 Å². The first-order valence-corrected chi connectivity index (χ1v) is 7.11. The van der Waals surface area contributed by atoms with Crippen molar-refractivity contribution in [2.75, 3.05) is 6.79 Å². The molecule has 23 heavy (non-hydrogen) atoms. The van der Waals surface area contributed by atoms with E-state index < -0.39 is 17.9 Å². The number of carboxylic acid groups (broad SMARTS) is 1. The molecule has 1 aliphatic rings. The lowest BCUT2D eigenvalue weighted by molar-refractivity contribution is -0.139. The molecule has 1 heterocycles. The molecule has 1 aliphatic heterocycles. The van der Waals surface area contributed by atoms with E-state index in [1.54, 1.807) is 48.5 Å². The van der Waals surface area contributed by atoms with Gasteiger partial charge in [0.1, 0.15) is 6.04 Å². The summed E-state index contributed by atoms with van der Waals surface area (Å²) in [5.74, 6) is -0.291. The Morgan fingerprint density at radius 1 is 1.09 bits per heavy atom. The lowest BCUT2D eigenvalue weighted by Crippen LogP contribution is -2.42. The van der Waals surface area contributed by atoms with Gasteiger partial charge in [-0.15, -0.1) is 0 Å². The fraction of sp³-hybridized carbons (Fsp3) is 0.176. The van der Waals surface area contributed by atoms with Crippen LogP contribution in [0.15, 0.2) is 48.5 Å². The van der Waals surface area contributed by atoms with Crippen LogP contribution in [0.4, 0.5) is 0 Å². The van der Waals surface area contributed by atoms with Crippen LogP contribution in [0.2, 0.25) is 0 Å². The molecule has 2 aromatic carbocycles. The Balaban J connectivity index is 1.72. The second kappa shape index (κ2) is 6.39. The quantitative estimate of drug-likeness (QED) is 0.880. The number of carbonyl (C=O) groups excluding carboxylic acids is 1. The van der Waals surface area contributed by atoms with Gasteiger partial charge in [0.2, 0.25) is 6.79 Å². The van der Waals surface area contributed by atoms with Crippen molar-refractivity contribution >= 4 is 11.9 Å². The number of rotatable bonds is 5. The third kappa shape index (κ3) is 3.42. The number of fused-ring (bicyclic) bond motifs is 1. The lowest BCUT2D eigenvalue weighted by Gasteiger charge is -2.15. The van der Waals surface area contributed by atoms with Crippen molar-refractivity contribution in [2.24, 2.45) is 0 Å². The van der Waals surface area contributed by atoms with Gasteiger partial charge in [-0.05, 0) is 29.8 Å². The van der Waals surface area contributed by atoms with Gasteiger partial charge in [-0.2, -0.15) is 0 Å². The first-order chi connectivity index (χ1) is 11.1. The molecule has 118 valence electrons. The highest BCUT2D eigenvalue weighted by molar-refractivity contribution is 5.96. The average molecular weight is 313 g/mol. The maximum Gasteiger partial charge on any atom is 0.326 e. The molecule has 0 aliphatic carbocycles. The minimum atomic E-state index is -1.09. The topological polar surface area (TPSA) is 84.9 Å². The van der Waals surface area contributed by atoms with Gasteiger partial charge >= 0.3 is 5.97 Å². The van der Waals surface area contributed by atoms with Crippen molar-refractivity contribution < 1.29 is 24.2 Å². The Hall–Kier alpha value is -3.02. The van der Waals surface area contributed by atoms with Crippen LogP contribution in [0.1, 0.15) is 15.9 Å². The third-order valence-corrected chi connectivity index (χ3v) is 3.52. The van der Waals surface area contributed by atoms with Gasteiger partial charge in [-0.1, -0.05) is 24.3 Å². The summed E-state index contributed by atoms with van der Waals surface area (Å²) >= 11 is 0. The van der Waals surface area contributed by atoms with Crippen LogP contribution in [0.3, 0.4) is 0 Å². The smallest absolute Gasteiger partial charge is 0.326 e. The van der Waals surface area contributed by atoms with E-state index in [9.17, 15) is 14.7 Å². The van der Waals surface area contributed by atoms with Crippen LogP contribution in [0, 0.1) is 0 Å². The van der Waals surface area contributed by atoms with Gasteiger partial charge in [0.25, 0.3) is 5.91 Å². The largest absolute Gasteiger partial charge is 0.480 e. The number of carbonyl (C=O) groups is 2. The SMILES string of the molecule is O=C(NC(Cc1ccc2c(c1)OCO2)C(=O)O)c1ccccc1. The molecular formula is C17H15NO5. The van der Waals surface area contributed by atoms with Crippen molar-refractivity contribution in [3.63, 3.8) is 0 Å². The lowest BCUT2D eigenvalue weighted by atomic mass is 10.0. The first-order valence-electron chi connectivity index (χ1n) is 7.11. The number of benzene rings is 2. The number of ether oxygens (including phenoxy) is 2. The van der Waals surface area contributed by atoms with Crippen LogP contribution >= 0.6 is 0 Å². The maximum absolute atomic E-state index is 12.1. The molecule has 2 aromatic rings. The third-order valence-electron chi connectivity index (χ3n) is 3.52. The maximum atomic E-state index is 12.1. The number of hydrogen-bond donors (Lipinski definition) is 2. The zero-order valence-corrected chi connectivity index (χ0v) is 12.2. The molecular weight excluding hydrogens is 298 g/mol. The molecule has 0 bridgehead atoms. The number of amides is 1. The first kappa shape index (κ1) is 14.9. The van der Waals surface area contributed by atoms with Gasteiger partial charge in [0.15, 0.2) is 11.5 Å². The predicted octanol–water partition coefficient (Wildman–Crippen LogP) is 1.84. The Morgan fingerprint density at radius 2 is 1.83 bits per heavy atom. The summed E-state index contributed by atoms with van der Waals surface area (Å²) in [5, 5.41) is 11.9. The van der Waals surface area contributed by atoms with Crippen molar-refractivity contribution in [3.05, 3.63) is 59.7 Å². The normalized spacial score (nSPS) is 13.4. The highest BCUT2D eigenvalue weighted by atomic mass is 16.7. The molecule has 2 N–H and O–H groups in total. The summed E-state index contributed by atoms with van der Waals surface area (Å²) < 4.78 is 10.5. The molecule has 0 fully saturated rings. The van der Waals surface area contributed by atoms with Crippen molar-refractivity contribution in [1.82, 2.24) is 5.32 Å². The van der Waals surface area contributed by atoms with Crippen molar-refractivity contribution in [3.8, 4) is 11.5 Å². The van der Waals surface area contributed by atoms with Gasteiger partial charge in [-0.3, -0.25) is 4.79 Å². The van der Waals surface area contributed by atoms with Crippen LogP contribution in [0.5, 0.6) is 11.5 Å². The number of nitrogens with one attached hydrogen (secondary N) is 1. The molecule has 0 saturated carbocycles. The average Bonchev–Trinajstić information content (AvgIpc) is 3.02. The minimum absolute atomic E-state index is 0.157. The Bertz CT molecular complexity index is 729. The molecule has 0 aromatic heterocycles. The van der Waals surface area contributed by atoms with E-state index in [4.69, 9.17) is 9.47 Å². The summed E-state index contributed by atoms with van der Waals surface area (Å²) in [6.45, 7) is 0.159. The van der Waals surface area contributed by atoms with E-state index in [2.05, 4.69) is 5.32 Å². The number of aliphatic carboxylic acids is 1.